The van der Waals surface area contributed by atoms with Crippen LogP contribution in [0.2, 0.25) is 0 Å². The first-order valence-electron chi connectivity index (χ1n) is 7.38. The lowest BCUT2D eigenvalue weighted by molar-refractivity contribution is -0.0105. The van der Waals surface area contributed by atoms with Gasteiger partial charge in [0.25, 0.3) is 0 Å². The van der Waals surface area contributed by atoms with Crippen LogP contribution in [0, 0.1) is 5.82 Å². The number of benzene rings is 1. The molecule has 0 spiro atoms. The van der Waals surface area contributed by atoms with Crippen LogP contribution in [-0.2, 0) is 14.2 Å². The molecule has 0 saturated carbocycles. The third kappa shape index (κ3) is 7.00. The monoisotopic (exact) mass is 299 g/mol. The van der Waals surface area contributed by atoms with Crippen molar-refractivity contribution in [3.63, 3.8) is 0 Å². The van der Waals surface area contributed by atoms with Gasteiger partial charge in [-0.05, 0) is 30.5 Å². The first-order chi connectivity index (χ1) is 10.2. The standard InChI is InChI=1S/C16H26FNO3/c1-3-15(18)16(13-6-4-7-14(17)12-13)21-11-10-20-9-5-8-19-2/h4,6-7,12,15-16H,3,5,8-11,18H2,1-2H3. The highest BCUT2D eigenvalue weighted by Gasteiger charge is 2.19. The van der Waals surface area contributed by atoms with Crippen LogP contribution in [0.1, 0.15) is 31.4 Å². The summed E-state index contributed by atoms with van der Waals surface area (Å²) < 4.78 is 29.5. The summed E-state index contributed by atoms with van der Waals surface area (Å²) in [5.41, 5.74) is 6.84. The number of methoxy groups -OCH3 is 1. The molecular weight excluding hydrogens is 273 g/mol. The van der Waals surface area contributed by atoms with Crippen LogP contribution in [0.3, 0.4) is 0 Å². The minimum absolute atomic E-state index is 0.166. The average molecular weight is 299 g/mol. The van der Waals surface area contributed by atoms with Crippen LogP contribution in [0.4, 0.5) is 4.39 Å². The third-order valence-electron chi connectivity index (χ3n) is 3.20. The second-order valence-electron chi connectivity index (χ2n) is 4.88. The normalized spacial score (nSPS) is 14.1. The Balaban J connectivity index is 2.41. The summed E-state index contributed by atoms with van der Waals surface area (Å²) in [6.07, 6.45) is 1.31. The fourth-order valence-electron chi connectivity index (χ4n) is 2.01. The van der Waals surface area contributed by atoms with Crippen molar-refractivity contribution in [2.45, 2.75) is 31.9 Å². The Morgan fingerprint density at radius 1 is 1.19 bits per heavy atom. The van der Waals surface area contributed by atoms with Gasteiger partial charge in [0.1, 0.15) is 5.82 Å². The van der Waals surface area contributed by atoms with Gasteiger partial charge in [0.15, 0.2) is 0 Å². The predicted octanol–water partition coefficient (Wildman–Crippen LogP) is 2.67. The van der Waals surface area contributed by atoms with Gasteiger partial charge in [-0.1, -0.05) is 19.1 Å². The zero-order chi connectivity index (χ0) is 15.5. The molecule has 21 heavy (non-hydrogen) atoms. The van der Waals surface area contributed by atoms with Gasteiger partial charge in [0, 0.05) is 26.4 Å². The van der Waals surface area contributed by atoms with Gasteiger partial charge >= 0.3 is 0 Å². The van der Waals surface area contributed by atoms with E-state index in [1.807, 2.05) is 13.0 Å². The van der Waals surface area contributed by atoms with Gasteiger partial charge in [0.2, 0.25) is 0 Å². The number of hydrogen-bond acceptors (Lipinski definition) is 4. The molecule has 1 aromatic rings. The number of rotatable bonds is 11. The molecule has 0 radical (unpaired) electrons. The maximum Gasteiger partial charge on any atom is 0.123 e. The lowest BCUT2D eigenvalue weighted by atomic mass is 10.0. The summed E-state index contributed by atoms with van der Waals surface area (Å²) in [6, 6.07) is 6.23. The Bertz CT molecular complexity index is 390. The third-order valence-corrected chi connectivity index (χ3v) is 3.20. The molecule has 1 aromatic carbocycles. The van der Waals surface area contributed by atoms with Crippen molar-refractivity contribution in [3.05, 3.63) is 35.6 Å². The van der Waals surface area contributed by atoms with Gasteiger partial charge in [-0.3, -0.25) is 0 Å². The topological polar surface area (TPSA) is 53.7 Å². The molecule has 0 fully saturated rings. The lowest BCUT2D eigenvalue weighted by Crippen LogP contribution is -2.30. The van der Waals surface area contributed by atoms with Crippen LogP contribution in [0.15, 0.2) is 24.3 Å². The minimum atomic E-state index is -0.312. The maximum atomic E-state index is 13.3. The van der Waals surface area contributed by atoms with E-state index in [0.717, 1.165) is 18.4 Å². The molecule has 5 heteroatoms. The molecule has 2 unspecified atom stereocenters. The molecule has 0 aromatic heterocycles. The molecule has 0 amide bonds. The van der Waals surface area contributed by atoms with Crippen molar-refractivity contribution in [1.29, 1.82) is 0 Å². The largest absolute Gasteiger partial charge is 0.385 e. The number of hydrogen-bond donors (Lipinski definition) is 1. The molecule has 1 rings (SSSR count). The van der Waals surface area contributed by atoms with Gasteiger partial charge in [0.05, 0.1) is 19.3 Å². The van der Waals surface area contributed by atoms with E-state index < -0.39 is 0 Å². The van der Waals surface area contributed by atoms with Crippen LogP contribution in [-0.4, -0.2) is 39.6 Å². The van der Waals surface area contributed by atoms with E-state index in [1.54, 1.807) is 13.2 Å². The lowest BCUT2D eigenvalue weighted by Gasteiger charge is -2.24. The zero-order valence-corrected chi connectivity index (χ0v) is 12.9. The van der Waals surface area contributed by atoms with E-state index >= 15 is 0 Å². The second kappa shape index (κ2) is 10.7. The van der Waals surface area contributed by atoms with E-state index in [1.165, 1.54) is 12.1 Å². The molecule has 0 bridgehead atoms. The van der Waals surface area contributed by atoms with E-state index in [-0.39, 0.29) is 18.0 Å². The number of ether oxygens (including phenoxy) is 3. The SMILES string of the molecule is CCC(N)C(OCCOCCCOC)c1cccc(F)c1. The minimum Gasteiger partial charge on any atom is -0.385 e. The fraction of sp³-hybridized carbons (Fsp3) is 0.625. The maximum absolute atomic E-state index is 13.3. The van der Waals surface area contributed by atoms with Crippen LogP contribution in [0.5, 0.6) is 0 Å². The van der Waals surface area contributed by atoms with E-state index in [2.05, 4.69) is 0 Å². The van der Waals surface area contributed by atoms with E-state index in [9.17, 15) is 4.39 Å². The van der Waals surface area contributed by atoms with Crippen LogP contribution in [0.25, 0.3) is 0 Å². The summed E-state index contributed by atoms with van der Waals surface area (Å²) in [5.74, 6) is -0.278. The van der Waals surface area contributed by atoms with Crippen molar-refractivity contribution in [1.82, 2.24) is 0 Å². The summed E-state index contributed by atoms with van der Waals surface area (Å²) >= 11 is 0. The van der Waals surface area contributed by atoms with E-state index in [4.69, 9.17) is 19.9 Å². The van der Waals surface area contributed by atoms with Gasteiger partial charge in [-0.2, -0.15) is 0 Å². The zero-order valence-electron chi connectivity index (χ0n) is 12.9. The predicted molar refractivity (Wildman–Crippen MR) is 80.7 cm³/mol. The molecule has 2 atom stereocenters. The van der Waals surface area contributed by atoms with Crippen molar-refractivity contribution in [2.75, 3.05) is 33.5 Å². The highest BCUT2D eigenvalue weighted by molar-refractivity contribution is 5.20. The van der Waals surface area contributed by atoms with Gasteiger partial charge in [-0.15, -0.1) is 0 Å². The first kappa shape index (κ1) is 18.0. The van der Waals surface area contributed by atoms with Crippen molar-refractivity contribution >= 4 is 0 Å². The quantitative estimate of drug-likeness (QED) is 0.638. The van der Waals surface area contributed by atoms with Crippen molar-refractivity contribution in [2.24, 2.45) is 5.73 Å². The highest BCUT2D eigenvalue weighted by Crippen LogP contribution is 2.22. The summed E-state index contributed by atoms with van der Waals surface area (Å²) in [7, 11) is 1.67. The number of nitrogens with two attached hydrogens (primary N) is 1. The Labute approximate surface area is 126 Å². The van der Waals surface area contributed by atoms with Gasteiger partial charge < -0.3 is 19.9 Å². The molecule has 0 aliphatic heterocycles. The highest BCUT2D eigenvalue weighted by atomic mass is 19.1. The molecule has 0 aliphatic rings. The first-order valence-corrected chi connectivity index (χ1v) is 7.38. The van der Waals surface area contributed by atoms with Crippen LogP contribution < -0.4 is 5.73 Å². The Morgan fingerprint density at radius 2 is 2.00 bits per heavy atom. The Morgan fingerprint density at radius 3 is 2.67 bits per heavy atom. The molecule has 2 N–H and O–H groups in total. The molecule has 0 heterocycles. The Hall–Kier alpha value is -1.01. The molecular formula is C16H26FNO3. The molecule has 0 aliphatic carbocycles. The molecule has 0 saturated heterocycles. The van der Waals surface area contributed by atoms with Crippen molar-refractivity contribution < 1.29 is 18.6 Å². The molecule has 120 valence electrons. The van der Waals surface area contributed by atoms with Gasteiger partial charge in [-0.25, -0.2) is 4.39 Å². The van der Waals surface area contributed by atoms with Crippen LogP contribution >= 0.6 is 0 Å². The summed E-state index contributed by atoms with van der Waals surface area (Å²) in [6.45, 7) is 4.24. The summed E-state index contributed by atoms with van der Waals surface area (Å²) in [5, 5.41) is 0. The Kier molecular flexibility index (Phi) is 9.17. The van der Waals surface area contributed by atoms with E-state index in [0.29, 0.717) is 26.4 Å². The average Bonchev–Trinajstić information content (AvgIpc) is 2.49. The molecule has 4 nitrogen and oxygen atoms in total. The fourth-order valence-corrected chi connectivity index (χ4v) is 2.01. The second-order valence-corrected chi connectivity index (χ2v) is 4.88. The number of halogens is 1. The summed E-state index contributed by atoms with van der Waals surface area (Å²) in [4.78, 5) is 0. The van der Waals surface area contributed by atoms with Crippen molar-refractivity contribution in [3.8, 4) is 0 Å². The smallest absolute Gasteiger partial charge is 0.123 e.